The van der Waals surface area contributed by atoms with Crippen LogP contribution in [0.15, 0.2) is 28.7 Å². The van der Waals surface area contributed by atoms with E-state index in [1.807, 2.05) is 0 Å². The Morgan fingerprint density at radius 2 is 2.12 bits per heavy atom. The van der Waals surface area contributed by atoms with Gasteiger partial charge in [-0.25, -0.2) is 0 Å². The summed E-state index contributed by atoms with van der Waals surface area (Å²) in [6.45, 7) is 3.98. The topological polar surface area (TPSA) is 21.3 Å². The van der Waals surface area contributed by atoms with Gasteiger partial charge in [-0.3, -0.25) is 0 Å². The maximum Gasteiger partial charge on any atom is 0.0619 e. The molecule has 0 spiro atoms. The maximum absolute atomic E-state index is 5.47. The van der Waals surface area contributed by atoms with Crippen molar-refractivity contribution in [2.45, 2.75) is 31.8 Å². The molecule has 1 aliphatic heterocycles. The fraction of sp³-hybridized carbons (Fsp3) is 0.538. The monoisotopic (exact) mass is 283 g/mol. The van der Waals surface area contributed by atoms with E-state index < -0.39 is 0 Å². The van der Waals surface area contributed by atoms with Crippen LogP contribution in [0.4, 0.5) is 0 Å². The average molecular weight is 284 g/mol. The predicted molar refractivity (Wildman–Crippen MR) is 69.5 cm³/mol. The van der Waals surface area contributed by atoms with Gasteiger partial charge in [-0.15, -0.1) is 0 Å². The predicted octanol–water partition coefficient (Wildman–Crippen LogP) is 3.28. The minimum atomic E-state index is 0.389. The molecule has 16 heavy (non-hydrogen) atoms. The highest BCUT2D eigenvalue weighted by molar-refractivity contribution is 9.10. The molecule has 1 heterocycles. The highest BCUT2D eigenvalue weighted by Gasteiger charge is 2.16. The normalized spacial score (nSPS) is 23.0. The molecule has 1 aliphatic rings. The van der Waals surface area contributed by atoms with Crippen LogP contribution < -0.4 is 5.32 Å². The second-order valence-electron chi connectivity index (χ2n) is 4.35. The Kier molecular flexibility index (Phi) is 4.38. The maximum atomic E-state index is 5.47. The molecule has 1 N–H and O–H groups in total. The van der Waals surface area contributed by atoms with Crippen molar-refractivity contribution in [3.05, 3.63) is 34.3 Å². The molecular weight excluding hydrogens is 266 g/mol. The molecule has 1 fully saturated rings. The minimum Gasteiger partial charge on any atom is -0.380 e. The lowest BCUT2D eigenvalue weighted by Gasteiger charge is -2.27. The van der Waals surface area contributed by atoms with Gasteiger partial charge in [0, 0.05) is 23.2 Å². The average Bonchev–Trinajstić information content (AvgIpc) is 2.31. The third-order valence-electron chi connectivity index (χ3n) is 3.02. The molecule has 1 saturated heterocycles. The van der Waals surface area contributed by atoms with Gasteiger partial charge in [0.05, 0.1) is 6.61 Å². The first-order chi connectivity index (χ1) is 7.75. The summed E-state index contributed by atoms with van der Waals surface area (Å²) >= 11 is 3.45. The van der Waals surface area contributed by atoms with Gasteiger partial charge in [0.2, 0.25) is 0 Å². The smallest absolute Gasteiger partial charge is 0.0619 e. The highest BCUT2D eigenvalue weighted by atomic mass is 79.9. The molecule has 0 aliphatic carbocycles. The molecule has 1 aromatic rings. The Balaban J connectivity index is 1.91. The second-order valence-corrected chi connectivity index (χ2v) is 5.27. The van der Waals surface area contributed by atoms with Crippen molar-refractivity contribution in [1.82, 2.24) is 5.32 Å². The van der Waals surface area contributed by atoms with E-state index in [0.717, 1.165) is 17.7 Å². The van der Waals surface area contributed by atoms with Gasteiger partial charge in [-0.1, -0.05) is 28.1 Å². The molecule has 0 saturated carbocycles. The summed E-state index contributed by atoms with van der Waals surface area (Å²) in [5, 5.41) is 3.61. The molecule has 1 aromatic carbocycles. The van der Waals surface area contributed by atoms with Crippen molar-refractivity contribution in [3.63, 3.8) is 0 Å². The number of halogens is 1. The van der Waals surface area contributed by atoms with Crippen molar-refractivity contribution in [2.75, 3.05) is 13.2 Å². The lowest BCUT2D eigenvalue weighted by Crippen LogP contribution is -2.38. The van der Waals surface area contributed by atoms with Crippen LogP contribution >= 0.6 is 15.9 Å². The van der Waals surface area contributed by atoms with E-state index in [-0.39, 0.29) is 0 Å². The Morgan fingerprint density at radius 1 is 1.38 bits per heavy atom. The van der Waals surface area contributed by atoms with Crippen LogP contribution in [-0.2, 0) is 4.74 Å². The highest BCUT2D eigenvalue weighted by Crippen LogP contribution is 2.18. The quantitative estimate of drug-likeness (QED) is 0.919. The third kappa shape index (κ3) is 3.30. The zero-order valence-corrected chi connectivity index (χ0v) is 11.2. The van der Waals surface area contributed by atoms with E-state index >= 15 is 0 Å². The number of rotatable bonds is 3. The first kappa shape index (κ1) is 12.1. The summed E-state index contributed by atoms with van der Waals surface area (Å²) in [4.78, 5) is 0. The molecular formula is C13H18BrNO. The van der Waals surface area contributed by atoms with Crippen LogP contribution in [0.3, 0.4) is 0 Å². The SMILES string of the molecule is C[C@H](NC1CCCOC1)c1ccc(Br)cc1. The van der Waals surface area contributed by atoms with Gasteiger partial charge < -0.3 is 10.1 Å². The summed E-state index contributed by atoms with van der Waals surface area (Å²) in [6.07, 6.45) is 2.39. The van der Waals surface area contributed by atoms with E-state index in [0.29, 0.717) is 12.1 Å². The zero-order chi connectivity index (χ0) is 11.4. The van der Waals surface area contributed by atoms with Gasteiger partial charge in [0.15, 0.2) is 0 Å². The van der Waals surface area contributed by atoms with Crippen molar-refractivity contribution >= 4 is 15.9 Å². The molecule has 0 radical (unpaired) electrons. The minimum absolute atomic E-state index is 0.389. The van der Waals surface area contributed by atoms with Crippen LogP contribution in [0.1, 0.15) is 31.4 Å². The summed E-state index contributed by atoms with van der Waals surface area (Å²) < 4.78 is 6.60. The summed E-state index contributed by atoms with van der Waals surface area (Å²) in [5.41, 5.74) is 1.33. The Labute approximate surface area is 106 Å². The molecule has 3 heteroatoms. The molecule has 2 atom stereocenters. The van der Waals surface area contributed by atoms with Crippen molar-refractivity contribution < 1.29 is 4.74 Å². The number of nitrogens with one attached hydrogen (secondary N) is 1. The Morgan fingerprint density at radius 3 is 2.75 bits per heavy atom. The van der Waals surface area contributed by atoms with Crippen LogP contribution in [0.2, 0.25) is 0 Å². The molecule has 2 nitrogen and oxygen atoms in total. The molecule has 2 rings (SSSR count). The van der Waals surface area contributed by atoms with E-state index in [4.69, 9.17) is 4.74 Å². The van der Waals surface area contributed by atoms with Gasteiger partial charge in [-0.2, -0.15) is 0 Å². The van der Waals surface area contributed by atoms with Crippen LogP contribution in [0, 0.1) is 0 Å². The number of hydrogen-bond acceptors (Lipinski definition) is 2. The summed E-state index contributed by atoms with van der Waals surface area (Å²) in [7, 11) is 0. The second kappa shape index (κ2) is 5.80. The first-order valence-electron chi connectivity index (χ1n) is 5.85. The fourth-order valence-electron chi connectivity index (χ4n) is 2.07. The van der Waals surface area contributed by atoms with E-state index in [9.17, 15) is 0 Å². The number of benzene rings is 1. The van der Waals surface area contributed by atoms with E-state index in [2.05, 4.69) is 52.4 Å². The van der Waals surface area contributed by atoms with Gasteiger partial charge in [-0.05, 0) is 37.5 Å². The van der Waals surface area contributed by atoms with E-state index in [1.54, 1.807) is 0 Å². The summed E-state index contributed by atoms with van der Waals surface area (Å²) in [5.74, 6) is 0. The largest absolute Gasteiger partial charge is 0.380 e. The lowest BCUT2D eigenvalue weighted by atomic mass is 10.1. The standard InChI is InChI=1S/C13H18BrNO/c1-10(11-4-6-12(14)7-5-11)15-13-3-2-8-16-9-13/h4-7,10,13,15H,2-3,8-9H2,1H3/t10-,13?/m0/s1. The summed E-state index contributed by atoms with van der Waals surface area (Å²) in [6, 6.07) is 9.39. The van der Waals surface area contributed by atoms with Crippen molar-refractivity contribution in [2.24, 2.45) is 0 Å². The van der Waals surface area contributed by atoms with Crippen molar-refractivity contribution in [3.8, 4) is 0 Å². The van der Waals surface area contributed by atoms with Crippen LogP contribution in [-0.4, -0.2) is 19.3 Å². The molecule has 1 unspecified atom stereocenters. The van der Waals surface area contributed by atoms with E-state index in [1.165, 1.54) is 18.4 Å². The molecule has 0 amide bonds. The van der Waals surface area contributed by atoms with Gasteiger partial charge in [0.1, 0.15) is 0 Å². The molecule has 0 bridgehead atoms. The number of ether oxygens (including phenoxy) is 1. The van der Waals surface area contributed by atoms with Crippen LogP contribution in [0.25, 0.3) is 0 Å². The Bertz CT molecular complexity index is 319. The van der Waals surface area contributed by atoms with Crippen LogP contribution in [0.5, 0.6) is 0 Å². The van der Waals surface area contributed by atoms with Gasteiger partial charge in [0.25, 0.3) is 0 Å². The first-order valence-corrected chi connectivity index (χ1v) is 6.64. The third-order valence-corrected chi connectivity index (χ3v) is 3.54. The zero-order valence-electron chi connectivity index (χ0n) is 9.58. The molecule has 88 valence electrons. The molecule has 0 aromatic heterocycles. The Hall–Kier alpha value is -0.380. The van der Waals surface area contributed by atoms with Crippen molar-refractivity contribution in [1.29, 1.82) is 0 Å². The number of hydrogen-bond donors (Lipinski definition) is 1. The van der Waals surface area contributed by atoms with Gasteiger partial charge >= 0.3 is 0 Å². The lowest BCUT2D eigenvalue weighted by molar-refractivity contribution is 0.0671. The fourth-order valence-corrected chi connectivity index (χ4v) is 2.34.